The summed E-state index contributed by atoms with van der Waals surface area (Å²) < 4.78 is 7.47. The van der Waals surface area contributed by atoms with Crippen molar-refractivity contribution in [2.24, 2.45) is 7.05 Å². The molecule has 0 unspecified atom stereocenters. The quantitative estimate of drug-likeness (QED) is 0.746. The molecule has 1 aromatic heterocycles. The summed E-state index contributed by atoms with van der Waals surface area (Å²) in [5.74, 6) is -0.531. The Morgan fingerprint density at radius 2 is 2.05 bits per heavy atom. The van der Waals surface area contributed by atoms with Crippen LogP contribution in [0, 0.1) is 0 Å². The molecule has 0 atom stereocenters. The lowest BCUT2D eigenvalue weighted by molar-refractivity contribution is -0.734. The van der Waals surface area contributed by atoms with Gasteiger partial charge in [-0.25, -0.2) is 9.59 Å². The number of methoxy groups -OCH3 is 1. The van der Waals surface area contributed by atoms with Crippen LogP contribution in [0.3, 0.4) is 0 Å². The minimum Gasteiger partial charge on any atom is -0.497 e. The lowest BCUT2D eigenvalue weighted by Crippen LogP contribution is -2.39. The van der Waals surface area contributed by atoms with Gasteiger partial charge in [0.05, 0.1) is 7.11 Å². The van der Waals surface area contributed by atoms with Gasteiger partial charge in [0, 0.05) is 0 Å². The second-order valence-corrected chi connectivity index (χ2v) is 4.05. The number of carbonyl (C=O) groups is 1. The van der Waals surface area contributed by atoms with Crippen molar-refractivity contribution >= 4 is 5.97 Å². The second-order valence-electron chi connectivity index (χ2n) is 4.05. The maximum atomic E-state index is 11.9. The third-order valence-electron chi connectivity index (χ3n) is 2.76. The van der Waals surface area contributed by atoms with Crippen LogP contribution in [0.5, 0.6) is 5.75 Å². The summed E-state index contributed by atoms with van der Waals surface area (Å²) in [6.45, 7) is 0.268. The van der Waals surface area contributed by atoms with E-state index in [9.17, 15) is 9.59 Å². The number of aryl methyl sites for hydroxylation is 1. The minimum atomic E-state index is -1.25. The van der Waals surface area contributed by atoms with Crippen LogP contribution in [0.2, 0.25) is 0 Å². The highest BCUT2D eigenvalue weighted by Crippen LogP contribution is 2.11. The molecule has 19 heavy (non-hydrogen) atoms. The Morgan fingerprint density at radius 3 is 2.53 bits per heavy atom. The maximum absolute atomic E-state index is 11.9. The maximum Gasteiger partial charge on any atom is 0.408 e. The van der Waals surface area contributed by atoms with Gasteiger partial charge in [-0.1, -0.05) is 17.3 Å². The first-order valence-corrected chi connectivity index (χ1v) is 5.58. The number of aromatic amines is 1. The predicted molar refractivity (Wildman–Crippen MR) is 65.3 cm³/mol. The van der Waals surface area contributed by atoms with Gasteiger partial charge >= 0.3 is 17.2 Å². The molecule has 0 aliphatic heterocycles. The highest BCUT2D eigenvalue weighted by Gasteiger charge is 2.25. The molecule has 1 heterocycles. The van der Waals surface area contributed by atoms with E-state index in [4.69, 9.17) is 9.84 Å². The average molecular weight is 264 g/mol. The molecular formula is C12H14N3O4+. The standard InChI is InChI=1S/C12H13N3O4/c1-14-10(12(17)18)11(16)15(13-14)7-8-3-5-9(19-2)6-4-8/h3-6H,7H2,1-2H3,(H-,13,16,17,18)/p+1. The van der Waals surface area contributed by atoms with E-state index in [0.717, 1.165) is 11.3 Å². The van der Waals surface area contributed by atoms with Crippen molar-refractivity contribution in [2.75, 3.05) is 7.11 Å². The lowest BCUT2D eigenvalue weighted by atomic mass is 10.2. The van der Waals surface area contributed by atoms with E-state index in [-0.39, 0.29) is 12.2 Å². The molecule has 2 aromatic rings. The summed E-state index contributed by atoms with van der Waals surface area (Å²) in [5, 5.41) is 11.6. The summed E-state index contributed by atoms with van der Waals surface area (Å²) >= 11 is 0. The van der Waals surface area contributed by atoms with E-state index in [1.807, 2.05) is 12.1 Å². The number of H-pyrrole nitrogens is 1. The van der Waals surface area contributed by atoms with Gasteiger partial charge in [-0.2, -0.15) is 4.68 Å². The Kier molecular flexibility index (Phi) is 3.37. The SMILES string of the molecule is COc1ccc(Cn2[nH][n+](C)c(C(=O)O)c2=O)cc1. The molecular weight excluding hydrogens is 250 g/mol. The van der Waals surface area contributed by atoms with Crippen LogP contribution in [-0.2, 0) is 13.6 Å². The number of aromatic nitrogens is 3. The van der Waals surface area contributed by atoms with Gasteiger partial charge < -0.3 is 9.84 Å². The minimum absolute atomic E-state index is 0.268. The first kappa shape index (κ1) is 12.9. The van der Waals surface area contributed by atoms with Crippen molar-refractivity contribution in [3.8, 4) is 5.75 Å². The van der Waals surface area contributed by atoms with E-state index in [1.165, 1.54) is 16.4 Å². The molecule has 100 valence electrons. The number of carboxylic acids is 1. The van der Waals surface area contributed by atoms with Crippen molar-refractivity contribution in [1.82, 2.24) is 9.90 Å². The second kappa shape index (κ2) is 4.97. The molecule has 0 fully saturated rings. The van der Waals surface area contributed by atoms with Gasteiger partial charge in [0.1, 0.15) is 19.3 Å². The van der Waals surface area contributed by atoms with Crippen LogP contribution in [0.25, 0.3) is 0 Å². The molecule has 0 aliphatic carbocycles. The largest absolute Gasteiger partial charge is 0.497 e. The van der Waals surface area contributed by atoms with Crippen molar-refractivity contribution < 1.29 is 19.3 Å². The fraction of sp³-hybridized carbons (Fsp3) is 0.250. The van der Waals surface area contributed by atoms with E-state index in [0.29, 0.717) is 0 Å². The number of nitrogens with zero attached hydrogens (tertiary/aromatic N) is 2. The van der Waals surface area contributed by atoms with Gasteiger partial charge in [0.25, 0.3) is 0 Å². The van der Waals surface area contributed by atoms with Crippen LogP contribution in [0.4, 0.5) is 0 Å². The van der Waals surface area contributed by atoms with E-state index >= 15 is 0 Å². The number of ether oxygens (including phenoxy) is 1. The molecule has 0 radical (unpaired) electrons. The monoisotopic (exact) mass is 264 g/mol. The topological polar surface area (TPSA) is 88.2 Å². The number of benzene rings is 1. The number of rotatable bonds is 4. The Labute approximate surface area is 108 Å². The van der Waals surface area contributed by atoms with Gasteiger partial charge in [0.2, 0.25) is 0 Å². The lowest BCUT2D eigenvalue weighted by Gasteiger charge is -2.00. The molecule has 0 amide bonds. The van der Waals surface area contributed by atoms with Crippen LogP contribution >= 0.6 is 0 Å². The van der Waals surface area contributed by atoms with Crippen molar-refractivity contribution in [1.29, 1.82) is 0 Å². The Morgan fingerprint density at radius 1 is 1.42 bits per heavy atom. The molecule has 0 bridgehead atoms. The zero-order chi connectivity index (χ0) is 14.0. The third kappa shape index (κ3) is 2.49. The fourth-order valence-corrected chi connectivity index (χ4v) is 1.80. The Hall–Kier alpha value is -2.57. The molecule has 0 saturated heterocycles. The highest BCUT2D eigenvalue weighted by atomic mass is 16.5. The van der Waals surface area contributed by atoms with Crippen molar-refractivity contribution in [3.63, 3.8) is 0 Å². The number of hydrogen-bond donors (Lipinski definition) is 2. The van der Waals surface area contributed by atoms with Gasteiger partial charge in [0.15, 0.2) is 0 Å². The number of nitrogens with one attached hydrogen (secondary N) is 1. The Bertz CT molecular complexity index is 655. The third-order valence-corrected chi connectivity index (χ3v) is 2.76. The Balaban J connectivity index is 2.31. The average Bonchev–Trinajstić information content (AvgIpc) is 2.65. The summed E-state index contributed by atoms with van der Waals surface area (Å²) in [6.07, 6.45) is 0. The molecule has 0 spiro atoms. The highest BCUT2D eigenvalue weighted by molar-refractivity contribution is 5.83. The molecule has 0 aliphatic rings. The number of aromatic carboxylic acids is 1. The predicted octanol–water partition coefficient (Wildman–Crippen LogP) is -0.244. The first-order chi connectivity index (χ1) is 9.02. The number of hydrogen-bond acceptors (Lipinski definition) is 3. The summed E-state index contributed by atoms with van der Waals surface area (Å²) in [5.41, 5.74) is 0.000943. The van der Waals surface area contributed by atoms with E-state index < -0.39 is 11.5 Å². The molecule has 7 nitrogen and oxygen atoms in total. The van der Waals surface area contributed by atoms with Gasteiger partial charge in [-0.05, 0) is 17.7 Å². The van der Waals surface area contributed by atoms with Gasteiger partial charge in [-0.3, -0.25) is 0 Å². The van der Waals surface area contributed by atoms with Crippen LogP contribution in [0.15, 0.2) is 29.1 Å². The summed E-state index contributed by atoms with van der Waals surface area (Å²) in [7, 11) is 3.05. The van der Waals surface area contributed by atoms with Crippen LogP contribution in [0.1, 0.15) is 16.1 Å². The molecule has 1 aromatic carbocycles. The van der Waals surface area contributed by atoms with Crippen LogP contribution in [-0.4, -0.2) is 28.1 Å². The zero-order valence-electron chi connectivity index (χ0n) is 10.6. The molecule has 2 rings (SSSR count). The smallest absolute Gasteiger partial charge is 0.408 e. The van der Waals surface area contributed by atoms with Crippen LogP contribution < -0.4 is 15.0 Å². The zero-order valence-corrected chi connectivity index (χ0v) is 10.6. The van der Waals surface area contributed by atoms with Crippen molar-refractivity contribution in [3.05, 3.63) is 45.9 Å². The summed E-state index contributed by atoms with van der Waals surface area (Å²) in [6, 6.07) is 7.18. The molecule has 0 saturated carbocycles. The van der Waals surface area contributed by atoms with Gasteiger partial charge in [-0.15, -0.1) is 4.68 Å². The van der Waals surface area contributed by atoms with E-state index in [1.54, 1.807) is 19.2 Å². The normalized spacial score (nSPS) is 10.4. The number of carboxylic acid groups (broad SMARTS) is 1. The molecule has 2 N–H and O–H groups in total. The molecule has 7 heteroatoms. The fourth-order valence-electron chi connectivity index (χ4n) is 1.80. The van der Waals surface area contributed by atoms with Crippen molar-refractivity contribution in [2.45, 2.75) is 6.54 Å². The first-order valence-electron chi connectivity index (χ1n) is 5.58. The summed E-state index contributed by atoms with van der Waals surface area (Å²) in [4.78, 5) is 22.8. The van der Waals surface area contributed by atoms with E-state index in [2.05, 4.69) is 5.21 Å².